The van der Waals surface area contributed by atoms with Gasteiger partial charge in [-0.25, -0.2) is 4.98 Å². The average Bonchev–Trinajstić information content (AvgIpc) is 2.72. The standard InChI is InChI=1S/C20H25N5O2/c1-27-17-7-11-22-19(23-17)24-12-4-8-20(14-24)9-6-18(26)25(15-20)13-16-5-2-3-10-21-16/h2-3,5,7,10-11H,4,6,8-9,12-15H2,1H3/t20-/m1/s1. The summed E-state index contributed by atoms with van der Waals surface area (Å²) in [6.45, 7) is 3.15. The number of rotatable bonds is 4. The molecule has 142 valence electrons. The number of carbonyl (C=O) groups is 1. The number of hydrogen-bond donors (Lipinski definition) is 0. The van der Waals surface area contributed by atoms with Gasteiger partial charge in [-0.15, -0.1) is 0 Å². The van der Waals surface area contributed by atoms with Crippen molar-refractivity contribution in [3.05, 3.63) is 42.4 Å². The Morgan fingerprint density at radius 3 is 2.89 bits per heavy atom. The lowest BCUT2D eigenvalue weighted by atomic mass is 9.73. The number of amides is 1. The Hall–Kier alpha value is -2.70. The molecule has 4 rings (SSSR count). The molecule has 7 heteroatoms. The molecule has 0 unspecified atom stereocenters. The molecule has 4 heterocycles. The second-order valence-corrected chi connectivity index (χ2v) is 7.49. The first-order valence-electron chi connectivity index (χ1n) is 9.47. The summed E-state index contributed by atoms with van der Waals surface area (Å²) in [6.07, 6.45) is 7.23. The number of likely N-dealkylation sites (tertiary alicyclic amines) is 1. The van der Waals surface area contributed by atoms with Crippen molar-refractivity contribution < 1.29 is 9.53 Å². The molecule has 7 nitrogen and oxygen atoms in total. The zero-order valence-corrected chi connectivity index (χ0v) is 15.7. The first kappa shape index (κ1) is 17.7. The van der Waals surface area contributed by atoms with Gasteiger partial charge < -0.3 is 14.5 Å². The van der Waals surface area contributed by atoms with Crippen LogP contribution in [0, 0.1) is 5.41 Å². The topological polar surface area (TPSA) is 71.5 Å². The molecule has 2 aliphatic heterocycles. The van der Waals surface area contributed by atoms with Crippen molar-refractivity contribution in [1.82, 2.24) is 19.9 Å². The molecule has 0 aromatic carbocycles. The molecular weight excluding hydrogens is 342 g/mol. The van der Waals surface area contributed by atoms with E-state index in [9.17, 15) is 4.79 Å². The van der Waals surface area contributed by atoms with Gasteiger partial charge in [0.05, 0.1) is 19.3 Å². The first-order valence-corrected chi connectivity index (χ1v) is 9.47. The Morgan fingerprint density at radius 2 is 2.07 bits per heavy atom. The predicted molar refractivity (Wildman–Crippen MR) is 101 cm³/mol. The van der Waals surface area contributed by atoms with Gasteiger partial charge in [0.15, 0.2) is 0 Å². The second kappa shape index (κ2) is 7.50. The van der Waals surface area contributed by atoms with Crippen LogP contribution < -0.4 is 9.64 Å². The Bertz CT molecular complexity index is 800. The van der Waals surface area contributed by atoms with Gasteiger partial charge in [-0.05, 0) is 31.4 Å². The van der Waals surface area contributed by atoms with Crippen molar-refractivity contribution in [3.63, 3.8) is 0 Å². The summed E-state index contributed by atoms with van der Waals surface area (Å²) >= 11 is 0. The van der Waals surface area contributed by atoms with Crippen LogP contribution in [0.5, 0.6) is 5.88 Å². The number of piperidine rings is 2. The quantitative estimate of drug-likeness (QED) is 0.826. The maximum Gasteiger partial charge on any atom is 0.228 e. The van der Waals surface area contributed by atoms with Gasteiger partial charge in [0, 0.05) is 49.9 Å². The SMILES string of the molecule is COc1ccnc(N2CCC[C@@]3(CCC(=O)N(Cc4ccccn4)C3)C2)n1. The molecule has 2 aromatic heterocycles. The highest BCUT2D eigenvalue weighted by molar-refractivity contribution is 5.77. The monoisotopic (exact) mass is 367 g/mol. The predicted octanol–water partition coefficient (Wildman–Crippen LogP) is 2.29. The largest absolute Gasteiger partial charge is 0.481 e. The third-order valence-corrected chi connectivity index (χ3v) is 5.60. The maximum atomic E-state index is 12.5. The molecule has 27 heavy (non-hydrogen) atoms. The molecule has 0 aliphatic carbocycles. The van der Waals surface area contributed by atoms with Gasteiger partial charge in [0.1, 0.15) is 0 Å². The molecule has 1 spiro atoms. The molecule has 1 atom stereocenters. The van der Waals surface area contributed by atoms with Crippen molar-refractivity contribution in [2.75, 3.05) is 31.6 Å². The van der Waals surface area contributed by atoms with Crippen LogP contribution in [-0.2, 0) is 11.3 Å². The molecular formula is C20H25N5O2. The molecule has 0 bridgehead atoms. The van der Waals surface area contributed by atoms with Gasteiger partial charge in [-0.2, -0.15) is 4.98 Å². The van der Waals surface area contributed by atoms with Crippen molar-refractivity contribution in [2.45, 2.75) is 32.2 Å². The molecule has 0 saturated carbocycles. The van der Waals surface area contributed by atoms with Crippen LogP contribution in [0.4, 0.5) is 5.95 Å². The summed E-state index contributed by atoms with van der Waals surface area (Å²) in [5, 5.41) is 0. The second-order valence-electron chi connectivity index (χ2n) is 7.49. The number of hydrogen-bond acceptors (Lipinski definition) is 6. The Kier molecular flexibility index (Phi) is 4.92. The molecule has 2 aliphatic rings. The van der Waals surface area contributed by atoms with Crippen molar-refractivity contribution in [1.29, 1.82) is 0 Å². The number of aromatic nitrogens is 3. The van der Waals surface area contributed by atoms with E-state index in [0.717, 1.165) is 44.6 Å². The number of ether oxygens (including phenoxy) is 1. The lowest BCUT2D eigenvalue weighted by Crippen LogP contribution is -2.54. The molecule has 0 N–H and O–H groups in total. The fraction of sp³-hybridized carbons (Fsp3) is 0.500. The van der Waals surface area contributed by atoms with Crippen molar-refractivity contribution in [2.24, 2.45) is 5.41 Å². The van der Waals surface area contributed by atoms with Gasteiger partial charge in [-0.1, -0.05) is 6.07 Å². The number of pyridine rings is 1. The minimum Gasteiger partial charge on any atom is -0.481 e. The lowest BCUT2D eigenvalue weighted by Gasteiger charge is -2.48. The number of methoxy groups -OCH3 is 1. The van der Waals surface area contributed by atoms with Crippen LogP contribution in [0.1, 0.15) is 31.4 Å². The lowest BCUT2D eigenvalue weighted by molar-refractivity contribution is -0.138. The number of carbonyl (C=O) groups excluding carboxylic acids is 1. The van der Waals surface area contributed by atoms with Crippen molar-refractivity contribution in [3.8, 4) is 5.88 Å². The van der Waals surface area contributed by atoms with Gasteiger partial charge in [-0.3, -0.25) is 9.78 Å². The summed E-state index contributed by atoms with van der Waals surface area (Å²) in [5.41, 5.74) is 1.03. The van der Waals surface area contributed by atoms with E-state index in [1.807, 2.05) is 23.1 Å². The van der Waals surface area contributed by atoms with E-state index in [0.29, 0.717) is 24.8 Å². The number of nitrogens with zero attached hydrogens (tertiary/aromatic N) is 5. The van der Waals surface area contributed by atoms with Crippen LogP contribution in [-0.4, -0.2) is 52.5 Å². The van der Waals surface area contributed by atoms with Crippen LogP contribution in [0.15, 0.2) is 36.7 Å². The highest BCUT2D eigenvalue weighted by Crippen LogP contribution is 2.40. The Labute approximate surface area is 159 Å². The summed E-state index contributed by atoms with van der Waals surface area (Å²) < 4.78 is 5.24. The fourth-order valence-electron chi connectivity index (χ4n) is 4.24. The van der Waals surface area contributed by atoms with E-state index in [1.54, 1.807) is 25.6 Å². The summed E-state index contributed by atoms with van der Waals surface area (Å²) in [6, 6.07) is 7.61. The zero-order chi connectivity index (χ0) is 18.7. The summed E-state index contributed by atoms with van der Waals surface area (Å²) in [4.78, 5) is 30.0. The van der Waals surface area contributed by atoms with E-state index >= 15 is 0 Å². The third kappa shape index (κ3) is 3.86. The Morgan fingerprint density at radius 1 is 1.15 bits per heavy atom. The normalized spacial score (nSPS) is 22.9. The van der Waals surface area contributed by atoms with Crippen molar-refractivity contribution >= 4 is 11.9 Å². The van der Waals surface area contributed by atoms with Gasteiger partial charge >= 0.3 is 0 Å². The zero-order valence-electron chi connectivity index (χ0n) is 15.7. The van der Waals surface area contributed by atoms with E-state index in [4.69, 9.17) is 4.74 Å². The summed E-state index contributed by atoms with van der Waals surface area (Å²) in [5.74, 6) is 1.51. The van der Waals surface area contributed by atoms with E-state index < -0.39 is 0 Å². The maximum absolute atomic E-state index is 12.5. The van der Waals surface area contributed by atoms with Crippen LogP contribution in [0.25, 0.3) is 0 Å². The molecule has 2 saturated heterocycles. The van der Waals surface area contributed by atoms with E-state index in [1.165, 1.54) is 0 Å². The van der Waals surface area contributed by atoms with Crippen LogP contribution in [0.3, 0.4) is 0 Å². The smallest absolute Gasteiger partial charge is 0.228 e. The molecule has 2 aromatic rings. The van der Waals surface area contributed by atoms with Gasteiger partial charge in [0.2, 0.25) is 17.7 Å². The van der Waals surface area contributed by atoms with Crippen LogP contribution in [0.2, 0.25) is 0 Å². The highest BCUT2D eigenvalue weighted by Gasteiger charge is 2.42. The third-order valence-electron chi connectivity index (χ3n) is 5.60. The molecule has 0 radical (unpaired) electrons. The summed E-state index contributed by atoms with van der Waals surface area (Å²) in [7, 11) is 1.62. The minimum atomic E-state index is 0.0907. The molecule has 2 fully saturated rings. The van der Waals surface area contributed by atoms with Crippen LogP contribution >= 0.6 is 0 Å². The van der Waals surface area contributed by atoms with Gasteiger partial charge in [0.25, 0.3) is 0 Å². The Balaban J connectivity index is 1.50. The average molecular weight is 367 g/mol. The first-order chi connectivity index (χ1) is 13.2. The minimum absolute atomic E-state index is 0.0907. The molecule has 1 amide bonds. The van der Waals surface area contributed by atoms with E-state index in [-0.39, 0.29) is 11.3 Å². The number of anilines is 1. The fourth-order valence-corrected chi connectivity index (χ4v) is 4.24. The van der Waals surface area contributed by atoms with E-state index in [2.05, 4.69) is 19.9 Å². The highest BCUT2D eigenvalue weighted by atomic mass is 16.5.